The van der Waals surface area contributed by atoms with Crippen LogP contribution in [0.3, 0.4) is 0 Å². The van der Waals surface area contributed by atoms with Gasteiger partial charge in [-0.2, -0.15) is 0 Å². The van der Waals surface area contributed by atoms with Crippen molar-refractivity contribution in [1.82, 2.24) is 9.13 Å². The van der Waals surface area contributed by atoms with E-state index in [1.54, 1.807) is 0 Å². The Bertz CT molecular complexity index is 7150. The fraction of sp³-hybridized carbons (Fsp3) is 0.143. The van der Waals surface area contributed by atoms with Crippen molar-refractivity contribution in [3.63, 3.8) is 0 Å². The average Bonchev–Trinajstić information content (AvgIpc) is 0.822. The molecule has 570 valence electrons. The van der Waals surface area contributed by atoms with Crippen molar-refractivity contribution in [1.29, 1.82) is 0 Å². The van der Waals surface area contributed by atoms with E-state index in [9.17, 15) is 0 Å². The number of para-hydroxylation sites is 5. The molecule has 19 aromatic rings. The lowest BCUT2D eigenvalue weighted by atomic mass is 9.33. The molecule has 2 aliphatic heterocycles. The van der Waals surface area contributed by atoms with Crippen molar-refractivity contribution in [3.05, 3.63) is 368 Å². The van der Waals surface area contributed by atoms with E-state index in [1.165, 1.54) is 102 Å². The van der Waals surface area contributed by atoms with E-state index in [0.29, 0.717) is 0 Å². The summed E-state index contributed by atoms with van der Waals surface area (Å²) in [5.41, 5.74) is 35.7. The molecule has 2 aliphatic rings. The van der Waals surface area contributed by atoms with Gasteiger partial charge in [-0.05, 0) is 178 Å². The number of rotatable bonds is 10. The number of hydrogen-bond donors (Lipinski definition) is 0. The highest BCUT2D eigenvalue weighted by atomic mass is 32.1. The molecule has 0 amide bonds. The summed E-state index contributed by atoms with van der Waals surface area (Å²) in [6, 6.07) is 133. The summed E-state index contributed by atoms with van der Waals surface area (Å²) in [7, 11) is 0. The van der Waals surface area contributed by atoms with Crippen LogP contribution in [0.25, 0.3) is 142 Å². The summed E-state index contributed by atoms with van der Waals surface area (Å²) < 4.78 is 7.63. The molecular weight excluding hydrogens is 1440 g/mol. The van der Waals surface area contributed by atoms with Crippen molar-refractivity contribution in [2.24, 2.45) is 0 Å². The minimum atomic E-state index is -0.329. The summed E-state index contributed by atoms with van der Waals surface area (Å²) in [6.45, 7) is 27.8. The summed E-state index contributed by atoms with van der Waals surface area (Å²) in [5, 5.41) is 7.45. The number of nitrogens with zero attached hydrogens (tertiary/aromatic N) is 4. The Morgan fingerprint density at radius 3 is 1.24 bits per heavy atom. The first-order valence-electron chi connectivity index (χ1n) is 41.8. The Hall–Kier alpha value is -13.0. The molecule has 16 aromatic carbocycles. The highest BCUT2D eigenvalue weighted by Gasteiger charge is 2.46. The Kier molecular flexibility index (Phi) is 16.8. The van der Waals surface area contributed by atoms with Crippen molar-refractivity contribution in [2.75, 3.05) is 9.80 Å². The lowest BCUT2D eigenvalue weighted by Gasteiger charge is -2.46. The van der Waals surface area contributed by atoms with Crippen LogP contribution >= 0.6 is 11.3 Å². The van der Waals surface area contributed by atoms with Crippen LogP contribution in [0.15, 0.2) is 346 Å². The van der Waals surface area contributed by atoms with Gasteiger partial charge in [-0.25, -0.2) is 0 Å². The van der Waals surface area contributed by atoms with Crippen LogP contribution in [0.2, 0.25) is 0 Å². The summed E-state index contributed by atoms with van der Waals surface area (Å²) in [6.07, 6.45) is 0. The summed E-state index contributed by atoms with van der Waals surface area (Å²) >= 11 is 1.88. The molecule has 118 heavy (non-hydrogen) atoms. The highest BCUT2D eigenvalue weighted by Crippen LogP contribution is 2.56. The molecular formula is C112H93BN4S. The van der Waals surface area contributed by atoms with Gasteiger partial charge in [0.1, 0.15) is 0 Å². The molecule has 21 rings (SSSR count). The molecule has 0 saturated heterocycles. The lowest BCUT2D eigenvalue weighted by molar-refractivity contribution is 0.590. The largest absolute Gasteiger partial charge is 0.310 e. The topological polar surface area (TPSA) is 16.3 Å². The van der Waals surface area contributed by atoms with Gasteiger partial charge in [0.05, 0.1) is 33.4 Å². The SMILES string of the molecule is CC(C)(C)c1cccc(-c2cccc(-c3cccc(C(C)(C)C)c3)c2N2c3ccc(-c4cccc5c4c4ccccc4n5-c4ccccc4)cc3B3c4ccc(-n5c6ccccc6c6ccc7sc8ccccc8c7c65)cc4N(c4c(-c5cccc(C(C)(C)C)c5)cccc4-c4cccc(C(C)(C)C)c4)c4cc(-c5ccccc5)cc2c43)c1. The molecule has 0 spiro atoms. The van der Waals surface area contributed by atoms with E-state index in [1.807, 2.05) is 11.3 Å². The monoisotopic (exact) mass is 1540 g/mol. The van der Waals surface area contributed by atoms with Gasteiger partial charge < -0.3 is 18.9 Å². The summed E-state index contributed by atoms with van der Waals surface area (Å²) in [4.78, 5) is 5.50. The lowest BCUT2D eigenvalue weighted by Crippen LogP contribution is -2.61. The van der Waals surface area contributed by atoms with Gasteiger partial charge >= 0.3 is 0 Å². The van der Waals surface area contributed by atoms with Crippen LogP contribution in [0.4, 0.5) is 34.1 Å². The normalized spacial score (nSPS) is 13.0. The van der Waals surface area contributed by atoms with Crippen molar-refractivity contribution in [3.8, 4) is 78.1 Å². The highest BCUT2D eigenvalue weighted by molar-refractivity contribution is 7.26. The first-order valence-corrected chi connectivity index (χ1v) is 42.6. The molecule has 0 atom stereocenters. The number of thiophene rings is 1. The standard InChI is InChI=1S/C112H93BN4S/c1-109(2,3)77-38-25-34-71(62-77)84-48-29-49-85(72-35-26-39-78(63-72)110(4,5)6)106(84)116-96-60-56-75(83-47-31-54-97-103(83)90-45-20-23-53-95(90)114(97)81-42-17-14-18-43-81)66-93(96)113-92-59-57-82(115-94-52-22-19-44-88(94)89-58-61-102-104(108(89)115)91-46-21-24-55-101(91)118-102)69-98(92)117(100-68-76(67-99(116)105(100)113)70-32-15-13-16-33-70)107-86(73-36-27-40-79(64-73)111(7,8)9)50-30-51-87(107)74-37-28-41-80(65-74)112(10,11)12/h13-69H,1-12H3. The smallest absolute Gasteiger partial charge is 0.252 e. The second-order valence-corrected chi connectivity index (χ2v) is 37.9. The number of fused-ring (bicyclic) bond motifs is 14. The fourth-order valence-electron chi connectivity index (χ4n) is 19.3. The third kappa shape index (κ3) is 11.8. The van der Waals surface area contributed by atoms with E-state index in [-0.39, 0.29) is 28.4 Å². The van der Waals surface area contributed by atoms with Gasteiger partial charge in [0.25, 0.3) is 6.71 Å². The Labute approximate surface area is 697 Å². The third-order valence-electron chi connectivity index (χ3n) is 25.3. The predicted molar refractivity (Wildman–Crippen MR) is 509 cm³/mol. The van der Waals surface area contributed by atoms with Gasteiger partial charge in [-0.3, -0.25) is 0 Å². The maximum absolute atomic E-state index is 2.76. The number of anilines is 6. The van der Waals surface area contributed by atoms with Gasteiger partial charge in [0.2, 0.25) is 0 Å². The van der Waals surface area contributed by atoms with E-state index < -0.39 is 0 Å². The molecule has 3 aromatic heterocycles. The molecule has 6 heteroatoms. The van der Waals surface area contributed by atoms with Crippen LogP contribution in [0, 0.1) is 0 Å². The van der Waals surface area contributed by atoms with Gasteiger partial charge in [-0.1, -0.05) is 356 Å². The average molecular weight is 1540 g/mol. The Morgan fingerprint density at radius 1 is 0.246 bits per heavy atom. The minimum absolute atomic E-state index is 0.129. The molecule has 0 fully saturated rings. The first-order chi connectivity index (χ1) is 57.1. The van der Waals surface area contributed by atoms with Crippen LogP contribution < -0.4 is 26.2 Å². The third-order valence-corrected chi connectivity index (χ3v) is 26.4. The molecule has 5 heterocycles. The quantitative estimate of drug-likeness (QED) is 0.127. The van der Waals surface area contributed by atoms with Crippen LogP contribution in [-0.2, 0) is 21.7 Å². The molecule has 4 nitrogen and oxygen atoms in total. The van der Waals surface area contributed by atoms with E-state index in [4.69, 9.17) is 0 Å². The number of benzene rings is 16. The maximum atomic E-state index is 2.76. The van der Waals surface area contributed by atoms with Crippen LogP contribution in [0.5, 0.6) is 0 Å². The Morgan fingerprint density at radius 2 is 0.686 bits per heavy atom. The number of aromatic nitrogens is 2. The van der Waals surface area contributed by atoms with Crippen LogP contribution in [0.1, 0.15) is 105 Å². The van der Waals surface area contributed by atoms with E-state index in [0.717, 1.165) is 112 Å². The van der Waals surface area contributed by atoms with Crippen molar-refractivity contribution in [2.45, 2.75) is 105 Å². The van der Waals surface area contributed by atoms with Crippen LogP contribution in [-0.4, -0.2) is 15.8 Å². The van der Waals surface area contributed by atoms with Gasteiger partial charge in [0.15, 0.2) is 0 Å². The molecule has 0 saturated carbocycles. The number of hydrogen-bond acceptors (Lipinski definition) is 3. The molecule has 0 radical (unpaired) electrons. The maximum Gasteiger partial charge on any atom is 0.252 e. The molecule has 0 unspecified atom stereocenters. The molecule has 0 N–H and O–H groups in total. The molecule has 0 aliphatic carbocycles. The zero-order valence-electron chi connectivity index (χ0n) is 69.2. The van der Waals surface area contributed by atoms with Crippen molar-refractivity contribution < 1.29 is 0 Å². The minimum Gasteiger partial charge on any atom is -0.310 e. The van der Waals surface area contributed by atoms with E-state index >= 15 is 0 Å². The molecule has 0 bridgehead atoms. The van der Waals surface area contributed by atoms with Gasteiger partial charge in [0, 0.05) is 98.1 Å². The zero-order valence-corrected chi connectivity index (χ0v) is 70.0. The van der Waals surface area contributed by atoms with E-state index in [2.05, 4.69) is 448 Å². The fourth-order valence-corrected chi connectivity index (χ4v) is 20.4. The summed E-state index contributed by atoms with van der Waals surface area (Å²) in [5.74, 6) is 0. The zero-order chi connectivity index (χ0) is 80.4. The van der Waals surface area contributed by atoms with Crippen molar-refractivity contribution >= 4 is 132 Å². The first kappa shape index (κ1) is 72.7. The second kappa shape index (κ2) is 27.3. The second-order valence-electron chi connectivity index (χ2n) is 36.8. The Balaban J connectivity index is 0.953. The van der Waals surface area contributed by atoms with Gasteiger partial charge in [-0.15, -0.1) is 11.3 Å². The predicted octanol–water partition coefficient (Wildman–Crippen LogP) is 29.5.